The Balaban J connectivity index is 1.53. The third-order valence-corrected chi connectivity index (χ3v) is 13.1. The number of hydrogen-bond acceptors (Lipinski definition) is 4. The van der Waals surface area contributed by atoms with Crippen LogP contribution in [0.5, 0.6) is 0 Å². The summed E-state index contributed by atoms with van der Waals surface area (Å²) in [5, 5.41) is 1.54. The minimum atomic E-state index is 1.23. The molecule has 208 valence electrons. The first-order chi connectivity index (χ1) is 18.4. The summed E-state index contributed by atoms with van der Waals surface area (Å²) in [5.41, 5.74) is 6.21. The van der Waals surface area contributed by atoms with Crippen molar-refractivity contribution in [3.05, 3.63) is 44.1 Å². The van der Waals surface area contributed by atoms with Crippen molar-refractivity contribution in [2.24, 2.45) is 0 Å². The number of rotatable bonds is 16. The monoisotopic (exact) mass is 584 g/mol. The molecule has 4 heterocycles. The van der Waals surface area contributed by atoms with Gasteiger partial charge < -0.3 is 0 Å². The van der Waals surface area contributed by atoms with Crippen LogP contribution in [0.25, 0.3) is 28.9 Å². The maximum Gasteiger partial charge on any atom is 0.0884 e. The molecule has 0 spiro atoms. The average Bonchev–Trinajstić information content (AvgIpc) is 3.62. The molecule has 4 aromatic heterocycles. The molecular weight excluding hydrogens is 537 g/mol. The van der Waals surface area contributed by atoms with Gasteiger partial charge in [-0.25, -0.2) is 0 Å². The third kappa shape index (κ3) is 7.22. The summed E-state index contributed by atoms with van der Waals surface area (Å²) < 4.78 is 1.53. The molecule has 0 bridgehead atoms. The van der Waals surface area contributed by atoms with Gasteiger partial charge in [0, 0.05) is 34.6 Å². The van der Waals surface area contributed by atoms with Crippen LogP contribution in [0.2, 0.25) is 0 Å². The van der Waals surface area contributed by atoms with Gasteiger partial charge in [-0.05, 0) is 87.8 Å². The van der Waals surface area contributed by atoms with Crippen LogP contribution in [-0.2, 0) is 12.8 Å². The molecule has 4 rings (SSSR count). The van der Waals surface area contributed by atoms with E-state index in [2.05, 4.69) is 76.3 Å². The largest absolute Gasteiger partial charge is 0.139 e. The van der Waals surface area contributed by atoms with Crippen LogP contribution in [0.15, 0.2) is 12.1 Å². The lowest BCUT2D eigenvalue weighted by molar-refractivity contribution is 0.608. The summed E-state index contributed by atoms with van der Waals surface area (Å²) in [4.78, 5) is 9.10. The molecule has 38 heavy (non-hydrogen) atoms. The standard InChI is InChI=1S/C34H48S4/c1-7-9-11-13-15-17-19-27-21-23(3)35-32(27)30-25(5)29-26(6)31(38-34(29)37-30)33-28(22-24(4)36-33)20-18-16-14-12-10-8-2/h21-22H,7-20H2,1-6H3. The predicted molar refractivity (Wildman–Crippen MR) is 179 cm³/mol. The van der Waals surface area contributed by atoms with E-state index in [1.165, 1.54) is 130 Å². The molecule has 0 radical (unpaired) electrons. The Kier molecular flexibility index (Phi) is 11.6. The first kappa shape index (κ1) is 30.0. The fourth-order valence-corrected chi connectivity index (χ4v) is 11.2. The Hall–Kier alpha value is -0.940. The lowest BCUT2D eigenvalue weighted by Gasteiger charge is -2.06. The number of aryl methyl sites for hydroxylation is 6. The Labute approximate surface area is 248 Å². The highest BCUT2D eigenvalue weighted by Gasteiger charge is 2.23. The van der Waals surface area contributed by atoms with Gasteiger partial charge in [-0.1, -0.05) is 78.1 Å². The predicted octanol–water partition coefficient (Wildman–Crippen LogP) is 13.5. The maximum absolute atomic E-state index is 2.47. The van der Waals surface area contributed by atoms with Gasteiger partial charge in [-0.15, -0.1) is 45.3 Å². The number of unbranched alkanes of at least 4 members (excludes halogenated alkanes) is 10. The number of fused-ring (bicyclic) bond motifs is 1. The molecule has 0 aliphatic rings. The summed E-state index contributed by atoms with van der Waals surface area (Å²) in [6, 6.07) is 4.95. The van der Waals surface area contributed by atoms with Crippen LogP contribution in [0.1, 0.15) is 123 Å². The van der Waals surface area contributed by atoms with Gasteiger partial charge in [0.15, 0.2) is 0 Å². The molecule has 0 saturated heterocycles. The fourth-order valence-electron chi connectivity index (χ4n) is 5.79. The van der Waals surface area contributed by atoms with Gasteiger partial charge >= 0.3 is 0 Å². The molecule has 0 aliphatic heterocycles. The quantitative estimate of drug-likeness (QED) is 0.115. The second-order valence-corrected chi connectivity index (χ2v) is 16.0. The zero-order valence-corrected chi connectivity index (χ0v) is 28.0. The molecule has 0 saturated carbocycles. The number of thiophene rings is 4. The van der Waals surface area contributed by atoms with Crippen molar-refractivity contribution in [2.45, 2.75) is 131 Å². The van der Waals surface area contributed by atoms with E-state index in [0.29, 0.717) is 0 Å². The van der Waals surface area contributed by atoms with Crippen molar-refractivity contribution < 1.29 is 0 Å². The molecule has 0 fully saturated rings. The maximum atomic E-state index is 2.47. The van der Waals surface area contributed by atoms with E-state index in [1.54, 1.807) is 20.9 Å². The van der Waals surface area contributed by atoms with Crippen LogP contribution >= 0.6 is 45.3 Å². The van der Waals surface area contributed by atoms with Crippen LogP contribution in [0.3, 0.4) is 0 Å². The van der Waals surface area contributed by atoms with Gasteiger partial charge in [0.05, 0.1) is 4.01 Å². The summed E-state index contributed by atoms with van der Waals surface area (Å²) in [6.45, 7) is 14.0. The van der Waals surface area contributed by atoms with E-state index in [4.69, 9.17) is 0 Å². The zero-order chi connectivity index (χ0) is 27.1. The van der Waals surface area contributed by atoms with Gasteiger partial charge in [0.2, 0.25) is 0 Å². The SMILES string of the molecule is CCCCCCCCc1cc(C)sc1-c1sc2sc(-c3sc(C)cc3CCCCCCCC)c(C)c2c1C. The fraction of sp³-hybridized carbons (Fsp3) is 0.588. The second kappa shape index (κ2) is 14.6. The van der Waals surface area contributed by atoms with Crippen molar-refractivity contribution in [1.82, 2.24) is 0 Å². The normalized spacial score (nSPS) is 11.8. The Morgan fingerprint density at radius 2 is 0.868 bits per heavy atom. The van der Waals surface area contributed by atoms with Gasteiger partial charge in [-0.3, -0.25) is 0 Å². The molecule has 4 heteroatoms. The first-order valence-electron chi connectivity index (χ1n) is 15.2. The summed E-state index contributed by atoms with van der Waals surface area (Å²) in [5.74, 6) is 0. The van der Waals surface area contributed by atoms with E-state index in [-0.39, 0.29) is 0 Å². The third-order valence-electron chi connectivity index (χ3n) is 7.90. The van der Waals surface area contributed by atoms with Gasteiger partial charge in [0.1, 0.15) is 0 Å². The van der Waals surface area contributed by atoms with Crippen molar-refractivity contribution >= 4 is 54.7 Å². The Morgan fingerprint density at radius 1 is 0.474 bits per heavy atom. The first-order valence-corrected chi connectivity index (χ1v) is 18.4. The molecule has 0 aromatic carbocycles. The van der Waals surface area contributed by atoms with Crippen LogP contribution in [0.4, 0.5) is 0 Å². The van der Waals surface area contributed by atoms with E-state index in [9.17, 15) is 0 Å². The van der Waals surface area contributed by atoms with E-state index in [1.807, 2.05) is 22.7 Å². The van der Waals surface area contributed by atoms with Gasteiger partial charge in [-0.2, -0.15) is 0 Å². The Bertz CT molecular complexity index is 1200. The molecule has 0 atom stereocenters. The minimum Gasteiger partial charge on any atom is -0.139 e. The zero-order valence-electron chi connectivity index (χ0n) is 24.7. The molecular formula is C34H48S4. The topological polar surface area (TPSA) is 0 Å². The molecule has 4 aromatic rings. The highest BCUT2D eigenvalue weighted by Crippen LogP contribution is 2.51. The van der Waals surface area contributed by atoms with E-state index >= 15 is 0 Å². The summed E-state index contributed by atoms with van der Waals surface area (Å²) in [6.07, 6.45) is 18.9. The van der Waals surface area contributed by atoms with Crippen LogP contribution in [0, 0.1) is 27.7 Å². The van der Waals surface area contributed by atoms with Crippen molar-refractivity contribution in [2.75, 3.05) is 0 Å². The molecule has 0 amide bonds. The van der Waals surface area contributed by atoms with Crippen LogP contribution < -0.4 is 0 Å². The van der Waals surface area contributed by atoms with Crippen molar-refractivity contribution in [3.63, 3.8) is 0 Å². The Morgan fingerprint density at radius 3 is 1.26 bits per heavy atom. The minimum absolute atomic E-state index is 1.23. The van der Waals surface area contributed by atoms with E-state index in [0.717, 1.165) is 0 Å². The highest BCUT2D eigenvalue weighted by molar-refractivity contribution is 7.42. The summed E-state index contributed by atoms with van der Waals surface area (Å²) >= 11 is 8.15. The van der Waals surface area contributed by atoms with Crippen molar-refractivity contribution in [1.29, 1.82) is 0 Å². The number of hydrogen-bond donors (Lipinski definition) is 0. The smallest absolute Gasteiger partial charge is 0.0884 e. The molecule has 0 aliphatic carbocycles. The molecule has 0 nitrogen and oxygen atoms in total. The molecule has 0 unspecified atom stereocenters. The lowest BCUT2D eigenvalue weighted by atomic mass is 10.0. The van der Waals surface area contributed by atoms with Gasteiger partial charge in [0.25, 0.3) is 0 Å². The van der Waals surface area contributed by atoms with Crippen LogP contribution in [-0.4, -0.2) is 0 Å². The second-order valence-electron chi connectivity index (χ2n) is 11.2. The van der Waals surface area contributed by atoms with Crippen molar-refractivity contribution in [3.8, 4) is 19.5 Å². The summed E-state index contributed by atoms with van der Waals surface area (Å²) in [7, 11) is 0. The highest BCUT2D eigenvalue weighted by atomic mass is 32.2. The van der Waals surface area contributed by atoms with E-state index < -0.39 is 0 Å². The average molecular weight is 585 g/mol. The molecule has 0 N–H and O–H groups in total. The lowest BCUT2D eigenvalue weighted by Crippen LogP contribution is -1.88.